The molecule has 1 aromatic heterocycles. The van der Waals surface area contributed by atoms with Gasteiger partial charge >= 0.3 is 0 Å². The number of hydrogen-bond acceptors (Lipinski definition) is 7. The summed E-state index contributed by atoms with van der Waals surface area (Å²) < 4.78 is 12.3. The second kappa shape index (κ2) is 9.82. The van der Waals surface area contributed by atoms with Gasteiger partial charge in [0.1, 0.15) is 17.3 Å². The SMILES string of the molecule is CCCOc1cc(Cc2cnc(N)nc2N)cc(OCCC)c1-c1cccc(N)c1. The molecule has 7 heteroatoms. The largest absolute Gasteiger partial charge is 0.493 e. The van der Waals surface area contributed by atoms with Gasteiger partial charge in [0.25, 0.3) is 0 Å². The third-order valence-electron chi connectivity index (χ3n) is 4.54. The zero-order chi connectivity index (χ0) is 21.5. The summed E-state index contributed by atoms with van der Waals surface area (Å²) in [7, 11) is 0. The molecule has 7 nitrogen and oxygen atoms in total. The first kappa shape index (κ1) is 21.2. The van der Waals surface area contributed by atoms with Crippen LogP contribution in [0.4, 0.5) is 17.5 Å². The highest BCUT2D eigenvalue weighted by Gasteiger charge is 2.17. The molecule has 2 aromatic carbocycles. The van der Waals surface area contributed by atoms with Crippen LogP contribution in [-0.2, 0) is 6.42 Å². The number of nitrogens with two attached hydrogens (primary N) is 3. The van der Waals surface area contributed by atoms with Gasteiger partial charge in [-0.2, -0.15) is 4.98 Å². The van der Waals surface area contributed by atoms with Gasteiger partial charge in [-0.3, -0.25) is 0 Å². The molecule has 0 unspecified atom stereocenters. The van der Waals surface area contributed by atoms with Crippen molar-refractivity contribution in [2.75, 3.05) is 30.4 Å². The Hall–Kier alpha value is -3.48. The summed E-state index contributed by atoms with van der Waals surface area (Å²) in [6.45, 7) is 5.34. The molecule has 0 atom stereocenters. The van der Waals surface area contributed by atoms with Crippen molar-refractivity contribution in [3.05, 3.63) is 53.7 Å². The van der Waals surface area contributed by atoms with Gasteiger partial charge in [0, 0.05) is 23.9 Å². The average molecular weight is 408 g/mol. The second-order valence-electron chi connectivity index (χ2n) is 7.10. The van der Waals surface area contributed by atoms with E-state index in [4.69, 9.17) is 26.7 Å². The van der Waals surface area contributed by atoms with Crippen LogP contribution in [0.3, 0.4) is 0 Å². The summed E-state index contributed by atoms with van der Waals surface area (Å²) in [6.07, 6.45) is 3.98. The maximum absolute atomic E-state index is 6.13. The van der Waals surface area contributed by atoms with E-state index in [9.17, 15) is 0 Å². The standard InChI is InChI=1S/C23H29N5O2/c1-3-8-29-19-11-15(10-17-14-27-23(26)28-22(17)25)12-20(30-9-4-2)21(19)16-6-5-7-18(24)13-16/h5-7,11-14H,3-4,8-10,24H2,1-2H3,(H4,25,26,27,28). The van der Waals surface area contributed by atoms with Crippen LogP contribution in [0.25, 0.3) is 11.1 Å². The Balaban J connectivity index is 2.10. The van der Waals surface area contributed by atoms with E-state index < -0.39 is 0 Å². The minimum absolute atomic E-state index is 0.159. The smallest absolute Gasteiger partial charge is 0.221 e. The van der Waals surface area contributed by atoms with Crippen LogP contribution in [-0.4, -0.2) is 23.2 Å². The fraction of sp³-hybridized carbons (Fsp3) is 0.304. The molecule has 158 valence electrons. The Bertz CT molecular complexity index is 978. The van der Waals surface area contributed by atoms with E-state index in [1.807, 2.05) is 36.4 Å². The molecule has 0 aliphatic carbocycles. The molecule has 3 aromatic rings. The lowest BCUT2D eigenvalue weighted by Crippen LogP contribution is -2.06. The van der Waals surface area contributed by atoms with Gasteiger partial charge in [0.15, 0.2) is 0 Å². The zero-order valence-electron chi connectivity index (χ0n) is 17.5. The first-order chi connectivity index (χ1) is 14.5. The lowest BCUT2D eigenvalue weighted by Gasteiger charge is -2.19. The Morgan fingerprint density at radius 3 is 2.13 bits per heavy atom. The predicted molar refractivity (Wildman–Crippen MR) is 122 cm³/mol. The Labute approximate surface area is 177 Å². The van der Waals surface area contributed by atoms with Crippen molar-refractivity contribution in [3.8, 4) is 22.6 Å². The number of ether oxygens (including phenoxy) is 2. The van der Waals surface area contributed by atoms with Crippen LogP contribution in [0.15, 0.2) is 42.6 Å². The van der Waals surface area contributed by atoms with Gasteiger partial charge < -0.3 is 26.7 Å². The molecule has 0 saturated heterocycles. The highest BCUT2D eigenvalue weighted by atomic mass is 16.5. The fourth-order valence-corrected chi connectivity index (χ4v) is 3.17. The topological polar surface area (TPSA) is 122 Å². The van der Waals surface area contributed by atoms with Crippen LogP contribution >= 0.6 is 0 Å². The number of benzene rings is 2. The molecular formula is C23H29N5O2. The van der Waals surface area contributed by atoms with Gasteiger partial charge in [-0.1, -0.05) is 26.0 Å². The molecule has 6 N–H and O–H groups in total. The predicted octanol–water partition coefficient (Wildman–Crippen LogP) is 4.06. The third kappa shape index (κ3) is 5.11. The first-order valence-electron chi connectivity index (χ1n) is 10.2. The summed E-state index contributed by atoms with van der Waals surface area (Å²) in [4.78, 5) is 8.12. The first-order valence-corrected chi connectivity index (χ1v) is 10.2. The molecule has 0 saturated carbocycles. The molecule has 1 heterocycles. The molecule has 0 bridgehead atoms. The van der Waals surface area contributed by atoms with Crippen LogP contribution in [0.1, 0.15) is 37.8 Å². The number of aromatic nitrogens is 2. The van der Waals surface area contributed by atoms with Crippen molar-refractivity contribution in [2.24, 2.45) is 0 Å². The highest BCUT2D eigenvalue weighted by Crippen LogP contribution is 2.41. The van der Waals surface area contributed by atoms with Crippen LogP contribution in [0.5, 0.6) is 11.5 Å². The van der Waals surface area contributed by atoms with Crippen molar-refractivity contribution in [1.82, 2.24) is 9.97 Å². The quantitative estimate of drug-likeness (QED) is 0.457. The fourth-order valence-electron chi connectivity index (χ4n) is 3.17. The molecule has 0 radical (unpaired) electrons. The van der Waals surface area contributed by atoms with Crippen molar-refractivity contribution in [2.45, 2.75) is 33.1 Å². The van der Waals surface area contributed by atoms with Crippen molar-refractivity contribution in [1.29, 1.82) is 0 Å². The van der Waals surface area contributed by atoms with E-state index in [0.29, 0.717) is 31.1 Å². The molecule has 0 spiro atoms. The lowest BCUT2D eigenvalue weighted by molar-refractivity contribution is 0.303. The Morgan fingerprint density at radius 2 is 1.57 bits per heavy atom. The molecule has 0 fully saturated rings. The van der Waals surface area contributed by atoms with Gasteiger partial charge in [-0.05, 0) is 48.2 Å². The van der Waals surface area contributed by atoms with E-state index >= 15 is 0 Å². The molecule has 0 aliphatic heterocycles. The number of anilines is 3. The maximum Gasteiger partial charge on any atom is 0.221 e. The molecule has 30 heavy (non-hydrogen) atoms. The maximum atomic E-state index is 6.13. The normalized spacial score (nSPS) is 10.7. The van der Waals surface area contributed by atoms with E-state index in [0.717, 1.165) is 46.6 Å². The summed E-state index contributed by atoms with van der Waals surface area (Å²) in [5.74, 6) is 2.03. The number of nitrogen functional groups attached to an aromatic ring is 3. The van der Waals surface area contributed by atoms with Gasteiger partial charge in [-0.15, -0.1) is 0 Å². The monoisotopic (exact) mass is 407 g/mol. The van der Waals surface area contributed by atoms with E-state index in [2.05, 4.69) is 23.8 Å². The molecule has 0 amide bonds. The highest BCUT2D eigenvalue weighted by molar-refractivity contribution is 5.79. The van der Waals surface area contributed by atoms with Crippen LogP contribution in [0, 0.1) is 0 Å². The zero-order valence-corrected chi connectivity index (χ0v) is 17.5. The minimum Gasteiger partial charge on any atom is -0.493 e. The molecule has 0 aliphatic rings. The van der Waals surface area contributed by atoms with Gasteiger partial charge in [-0.25, -0.2) is 4.98 Å². The average Bonchev–Trinajstić information content (AvgIpc) is 2.72. The summed E-state index contributed by atoms with van der Waals surface area (Å²) in [5, 5.41) is 0. The van der Waals surface area contributed by atoms with E-state index in [1.165, 1.54) is 0 Å². The van der Waals surface area contributed by atoms with E-state index in [1.54, 1.807) is 6.20 Å². The van der Waals surface area contributed by atoms with Crippen molar-refractivity contribution in [3.63, 3.8) is 0 Å². The minimum atomic E-state index is 0.159. The molecule has 3 rings (SSSR count). The van der Waals surface area contributed by atoms with Crippen molar-refractivity contribution >= 4 is 17.5 Å². The summed E-state index contributed by atoms with van der Waals surface area (Å²) in [5.41, 5.74) is 22.0. The number of hydrogen-bond donors (Lipinski definition) is 3. The van der Waals surface area contributed by atoms with Crippen LogP contribution in [0.2, 0.25) is 0 Å². The van der Waals surface area contributed by atoms with Crippen molar-refractivity contribution < 1.29 is 9.47 Å². The summed E-state index contributed by atoms with van der Waals surface area (Å²) >= 11 is 0. The second-order valence-corrected chi connectivity index (χ2v) is 7.10. The van der Waals surface area contributed by atoms with Gasteiger partial charge in [0.2, 0.25) is 5.95 Å². The third-order valence-corrected chi connectivity index (χ3v) is 4.54. The Kier molecular flexibility index (Phi) is 6.95. The Morgan fingerprint density at radius 1 is 0.900 bits per heavy atom. The van der Waals surface area contributed by atoms with Gasteiger partial charge in [0.05, 0.1) is 18.8 Å². The number of rotatable bonds is 9. The van der Waals surface area contributed by atoms with Crippen LogP contribution < -0.4 is 26.7 Å². The lowest BCUT2D eigenvalue weighted by atomic mass is 9.98. The molecular weight excluding hydrogens is 378 g/mol. The van der Waals surface area contributed by atoms with E-state index in [-0.39, 0.29) is 5.95 Å². The number of nitrogens with zero attached hydrogens (tertiary/aromatic N) is 2. The summed E-state index contributed by atoms with van der Waals surface area (Å²) in [6, 6.07) is 11.8.